The Labute approximate surface area is 163 Å². The number of carbonyl (C=O) groups excluding carboxylic acids is 1. The lowest BCUT2D eigenvalue weighted by Crippen LogP contribution is -2.16. The first-order chi connectivity index (χ1) is 13.0. The Morgan fingerprint density at radius 3 is 2.67 bits per heavy atom. The van der Waals surface area contributed by atoms with Gasteiger partial charge in [-0.05, 0) is 37.1 Å². The normalized spacial score (nSPS) is 20.9. The van der Waals surface area contributed by atoms with Crippen molar-refractivity contribution in [2.24, 2.45) is 5.92 Å². The zero-order valence-electron chi connectivity index (χ0n) is 15.9. The molecule has 0 heterocycles. The zero-order chi connectivity index (χ0) is 19.6. The fourth-order valence-corrected chi connectivity index (χ4v) is 3.54. The van der Waals surface area contributed by atoms with E-state index >= 15 is 0 Å². The van der Waals surface area contributed by atoms with Crippen LogP contribution in [0, 0.1) is 12.8 Å². The van der Waals surface area contributed by atoms with E-state index in [1.165, 1.54) is 7.11 Å². The molecule has 0 aliphatic heterocycles. The summed E-state index contributed by atoms with van der Waals surface area (Å²) in [4.78, 5) is 12.4. The summed E-state index contributed by atoms with van der Waals surface area (Å²) in [7, 11) is 1.68. The molecule has 2 rings (SSSR count). The number of carbonyl (C=O) groups is 1. The maximum absolute atomic E-state index is 12.6. The third-order valence-corrected chi connectivity index (χ3v) is 5.29. The number of esters is 1. The highest BCUT2D eigenvalue weighted by molar-refractivity contribution is 7.88. The first-order valence-corrected chi connectivity index (χ1v) is 9.96. The maximum atomic E-state index is 12.6. The van der Waals surface area contributed by atoms with E-state index in [0.29, 0.717) is 6.42 Å². The molecule has 0 fully saturated rings. The molecule has 0 aromatic heterocycles. The topological polar surface area (TPSA) is 61.8 Å². The van der Waals surface area contributed by atoms with E-state index in [2.05, 4.69) is 0 Å². The molecule has 1 aliphatic rings. The van der Waals surface area contributed by atoms with Gasteiger partial charge in [-0.3, -0.25) is 4.79 Å². The Bertz CT molecular complexity index is 733. The molecule has 27 heavy (non-hydrogen) atoms. The van der Waals surface area contributed by atoms with Crippen molar-refractivity contribution >= 4 is 16.8 Å². The number of benzene rings is 1. The summed E-state index contributed by atoms with van der Waals surface area (Å²) in [6.07, 6.45) is 8.41. The van der Waals surface area contributed by atoms with E-state index < -0.39 is 10.8 Å². The lowest BCUT2D eigenvalue weighted by molar-refractivity contribution is -0.141. The van der Waals surface area contributed by atoms with Gasteiger partial charge >= 0.3 is 5.97 Å². The van der Waals surface area contributed by atoms with E-state index in [-0.39, 0.29) is 31.2 Å². The molecular weight excluding hydrogens is 364 g/mol. The SMILES string of the molecule is COCO[C@@H]1CC=C[C@H](CC(=O)OC)C=C1/C=C\S(=O)c1ccc(C)cc1. The van der Waals surface area contributed by atoms with Gasteiger partial charge in [0, 0.05) is 23.3 Å². The predicted octanol–water partition coefficient (Wildman–Crippen LogP) is 3.67. The molecule has 0 saturated heterocycles. The highest BCUT2D eigenvalue weighted by Crippen LogP contribution is 2.24. The number of rotatable bonds is 8. The summed E-state index contributed by atoms with van der Waals surface area (Å²) < 4.78 is 28.1. The van der Waals surface area contributed by atoms with Gasteiger partial charge in [0.25, 0.3) is 0 Å². The minimum Gasteiger partial charge on any atom is -0.469 e. The van der Waals surface area contributed by atoms with Crippen LogP contribution in [0.4, 0.5) is 0 Å². The predicted molar refractivity (Wildman–Crippen MR) is 105 cm³/mol. The minimum absolute atomic E-state index is 0.0962. The first-order valence-electron chi connectivity index (χ1n) is 8.74. The number of hydrogen-bond acceptors (Lipinski definition) is 5. The monoisotopic (exact) mass is 390 g/mol. The van der Waals surface area contributed by atoms with Gasteiger partial charge in [0.05, 0.1) is 30.4 Å². The molecule has 5 nitrogen and oxygen atoms in total. The van der Waals surface area contributed by atoms with Gasteiger partial charge in [0.1, 0.15) is 6.79 Å². The second-order valence-electron chi connectivity index (χ2n) is 6.25. The summed E-state index contributed by atoms with van der Waals surface area (Å²) >= 11 is 0. The number of methoxy groups -OCH3 is 2. The van der Waals surface area contributed by atoms with Gasteiger partial charge in [0.15, 0.2) is 0 Å². The molecule has 0 radical (unpaired) electrons. The van der Waals surface area contributed by atoms with E-state index in [1.54, 1.807) is 12.5 Å². The molecule has 1 aliphatic carbocycles. The minimum atomic E-state index is -1.26. The second kappa shape index (κ2) is 11.0. The van der Waals surface area contributed by atoms with Crippen LogP contribution in [-0.4, -0.2) is 37.3 Å². The number of allylic oxidation sites excluding steroid dienone is 2. The Hall–Kier alpha value is -2.02. The number of aryl methyl sites for hydroxylation is 1. The van der Waals surface area contributed by atoms with Crippen LogP contribution < -0.4 is 0 Å². The number of ether oxygens (including phenoxy) is 3. The molecule has 0 bridgehead atoms. The quantitative estimate of drug-likeness (QED) is 0.385. The molecule has 6 heteroatoms. The van der Waals surface area contributed by atoms with Crippen molar-refractivity contribution < 1.29 is 23.2 Å². The number of hydrogen-bond donors (Lipinski definition) is 0. The summed E-state index contributed by atoms with van der Waals surface area (Å²) in [5, 5.41) is 1.65. The van der Waals surface area contributed by atoms with Crippen LogP contribution in [0.5, 0.6) is 0 Å². The van der Waals surface area contributed by atoms with Crippen molar-refractivity contribution in [3.05, 3.63) is 65.1 Å². The Morgan fingerprint density at radius 2 is 2.00 bits per heavy atom. The van der Waals surface area contributed by atoms with Gasteiger partial charge < -0.3 is 14.2 Å². The van der Waals surface area contributed by atoms with Crippen molar-refractivity contribution in [3.63, 3.8) is 0 Å². The molecular formula is C21H26O5S. The molecule has 0 saturated carbocycles. The van der Waals surface area contributed by atoms with Crippen LogP contribution in [0.2, 0.25) is 0 Å². The van der Waals surface area contributed by atoms with Crippen LogP contribution in [0.15, 0.2) is 64.4 Å². The largest absolute Gasteiger partial charge is 0.469 e. The molecule has 0 spiro atoms. The average molecular weight is 391 g/mol. The average Bonchev–Trinajstić information content (AvgIpc) is 2.86. The Balaban J connectivity index is 2.20. The summed E-state index contributed by atoms with van der Waals surface area (Å²) in [6, 6.07) is 7.59. The van der Waals surface area contributed by atoms with Crippen LogP contribution in [-0.2, 0) is 29.8 Å². The maximum Gasteiger partial charge on any atom is 0.306 e. The highest BCUT2D eigenvalue weighted by atomic mass is 32.2. The summed E-state index contributed by atoms with van der Waals surface area (Å²) in [5.74, 6) is -0.371. The van der Waals surface area contributed by atoms with Gasteiger partial charge in [0.2, 0.25) is 0 Å². The highest BCUT2D eigenvalue weighted by Gasteiger charge is 2.19. The van der Waals surface area contributed by atoms with E-state index in [4.69, 9.17) is 14.2 Å². The lowest BCUT2D eigenvalue weighted by Gasteiger charge is -2.17. The third kappa shape index (κ3) is 6.90. The fourth-order valence-electron chi connectivity index (χ4n) is 2.69. The van der Waals surface area contributed by atoms with Crippen molar-refractivity contribution in [1.82, 2.24) is 0 Å². The van der Waals surface area contributed by atoms with E-state index in [0.717, 1.165) is 16.0 Å². The van der Waals surface area contributed by atoms with Crippen LogP contribution in [0.25, 0.3) is 0 Å². The van der Waals surface area contributed by atoms with Gasteiger partial charge in [-0.2, -0.15) is 0 Å². The Kier molecular flexibility index (Phi) is 8.64. The van der Waals surface area contributed by atoms with Crippen molar-refractivity contribution in [3.8, 4) is 0 Å². The van der Waals surface area contributed by atoms with Crippen molar-refractivity contribution in [2.45, 2.75) is 30.8 Å². The standard InChI is InChI=1S/C21H26O5S/c1-16-7-9-19(10-8-16)27(23)12-11-18-13-17(14-21(22)25-3)5-4-6-20(18)26-15-24-2/h4-5,7-13,17,20H,6,14-15H2,1-3H3/b12-11-/t17-,20+,27?/m0/s1. The van der Waals surface area contributed by atoms with Crippen LogP contribution in [0.1, 0.15) is 18.4 Å². The van der Waals surface area contributed by atoms with E-state index in [9.17, 15) is 9.00 Å². The second-order valence-corrected chi connectivity index (χ2v) is 7.59. The fraction of sp³-hybridized carbons (Fsp3) is 0.381. The molecule has 1 unspecified atom stereocenters. The van der Waals surface area contributed by atoms with Gasteiger partial charge in [-0.1, -0.05) is 35.9 Å². The lowest BCUT2D eigenvalue weighted by atomic mass is 10.0. The van der Waals surface area contributed by atoms with E-state index in [1.807, 2.05) is 55.5 Å². The Morgan fingerprint density at radius 1 is 1.26 bits per heavy atom. The molecule has 1 aromatic carbocycles. The third-order valence-electron chi connectivity index (χ3n) is 4.17. The molecule has 3 atom stereocenters. The molecule has 146 valence electrons. The van der Waals surface area contributed by atoms with Crippen LogP contribution >= 0.6 is 0 Å². The van der Waals surface area contributed by atoms with Crippen LogP contribution in [0.3, 0.4) is 0 Å². The van der Waals surface area contributed by atoms with Gasteiger partial charge in [-0.25, -0.2) is 4.21 Å². The summed E-state index contributed by atoms with van der Waals surface area (Å²) in [6.45, 7) is 2.15. The molecule has 0 N–H and O–H groups in total. The van der Waals surface area contributed by atoms with Crippen molar-refractivity contribution in [2.75, 3.05) is 21.0 Å². The first kappa shape index (κ1) is 21.3. The zero-order valence-corrected chi connectivity index (χ0v) is 16.7. The van der Waals surface area contributed by atoms with Crippen molar-refractivity contribution in [1.29, 1.82) is 0 Å². The molecule has 1 aromatic rings. The summed E-state index contributed by atoms with van der Waals surface area (Å²) in [5.41, 5.74) is 1.99. The smallest absolute Gasteiger partial charge is 0.306 e. The molecule has 0 amide bonds. The van der Waals surface area contributed by atoms with Gasteiger partial charge in [-0.15, -0.1) is 0 Å².